The highest BCUT2D eigenvalue weighted by atomic mass is 32.1. The lowest BCUT2D eigenvalue weighted by atomic mass is 9.87. The molecule has 1 aliphatic carbocycles. The summed E-state index contributed by atoms with van der Waals surface area (Å²) >= 11 is 1.44. The molecular formula is C18H23N3O3S. The zero-order valence-corrected chi connectivity index (χ0v) is 15.4. The van der Waals surface area contributed by atoms with Crippen LogP contribution in [0, 0.1) is 5.92 Å². The molecule has 0 atom stereocenters. The van der Waals surface area contributed by atoms with Gasteiger partial charge in [0.25, 0.3) is 5.91 Å². The largest absolute Gasteiger partial charge is 0.496 e. The molecule has 0 saturated heterocycles. The van der Waals surface area contributed by atoms with Crippen LogP contribution in [0.4, 0.5) is 5.13 Å². The van der Waals surface area contributed by atoms with Crippen LogP contribution in [0.15, 0.2) is 18.2 Å². The van der Waals surface area contributed by atoms with E-state index in [2.05, 4.69) is 15.5 Å². The van der Waals surface area contributed by atoms with Crippen LogP contribution in [-0.2, 0) is 6.42 Å². The summed E-state index contributed by atoms with van der Waals surface area (Å²) in [5, 5.41) is 12.6. The molecule has 1 amide bonds. The van der Waals surface area contributed by atoms with E-state index in [0.29, 0.717) is 28.1 Å². The topological polar surface area (TPSA) is 73.3 Å². The summed E-state index contributed by atoms with van der Waals surface area (Å²) in [5.74, 6) is 1.31. The SMILES string of the molecule is COc1cccc(OC)c1C(=O)Nc1nnc(CC2CCCCC2)s1. The second-order valence-electron chi connectivity index (χ2n) is 6.20. The van der Waals surface area contributed by atoms with Crippen LogP contribution in [-0.4, -0.2) is 30.3 Å². The van der Waals surface area contributed by atoms with E-state index >= 15 is 0 Å². The van der Waals surface area contributed by atoms with Crippen molar-refractivity contribution in [3.8, 4) is 11.5 Å². The van der Waals surface area contributed by atoms with E-state index in [0.717, 1.165) is 11.4 Å². The van der Waals surface area contributed by atoms with Crippen LogP contribution in [0.1, 0.15) is 47.5 Å². The van der Waals surface area contributed by atoms with Gasteiger partial charge in [0.05, 0.1) is 14.2 Å². The maximum absolute atomic E-state index is 12.6. The standard InChI is InChI=1S/C18H23N3O3S/c1-23-13-9-6-10-14(24-2)16(13)17(22)19-18-21-20-15(25-18)11-12-7-4-3-5-8-12/h6,9-10,12H,3-5,7-8,11H2,1-2H3,(H,19,21,22). The van der Waals surface area contributed by atoms with Gasteiger partial charge in [0.15, 0.2) is 0 Å². The van der Waals surface area contributed by atoms with Gasteiger partial charge in [0.2, 0.25) is 5.13 Å². The number of benzene rings is 1. The highest BCUT2D eigenvalue weighted by Crippen LogP contribution is 2.31. The van der Waals surface area contributed by atoms with Gasteiger partial charge in [-0.3, -0.25) is 10.1 Å². The molecule has 6 nitrogen and oxygen atoms in total. The molecule has 1 heterocycles. The smallest absolute Gasteiger partial charge is 0.265 e. The molecule has 1 aliphatic rings. The van der Waals surface area contributed by atoms with Gasteiger partial charge in [-0.15, -0.1) is 10.2 Å². The van der Waals surface area contributed by atoms with E-state index in [1.165, 1.54) is 57.7 Å². The van der Waals surface area contributed by atoms with Gasteiger partial charge in [-0.2, -0.15) is 0 Å². The Morgan fingerprint density at radius 2 is 1.84 bits per heavy atom. The van der Waals surface area contributed by atoms with Crippen molar-refractivity contribution in [3.05, 3.63) is 28.8 Å². The minimum Gasteiger partial charge on any atom is -0.496 e. The molecule has 0 radical (unpaired) electrons. The number of carbonyl (C=O) groups is 1. The summed E-state index contributed by atoms with van der Waals surface area (Å²) < 4.78 is 10.6. The number of ether oxygens (including phenoxy) is 2. The minimum atomic E-state index is -0.310. The zero-order chi connectivity index (χ0) is 17.6. The zero-order valence-electron chi connectivity index (χ0n) is 14.6. The highest BCUT2D eigenvalue weighted by Gasteiger charge is 2.21. The number of methoxy groups -OCH3 is 2. The molecule has 1 saturated carbocycles. The molecule has 0 spiro atoms. The van der Waals surface area contributed by atoms with Crippen molar-refractivity contribution in [1.29, 1.82) is 0 Å². The van der Waals surface area contributed by atoms with E-state index in [1.807, 2.05) is 0 Å². The summed E-state index contributed by atoms with van der Waals surface area (Å²) in [4.78, 5) is 12.6. The van der Waals surface area contributed by atoms with Crippen molar-refractivity contribution in [2.24, 2.45) is 5.92 Å². The summed E-state index contributed by atoms with van der Waals surface area (Å²) in [6, 6.07) is 5.24. The molecule has 0 unspecified atom stereocenters. The van der Waals surface area contributed by atoms with Crippen molar-refractivity contribution in [2.45, 2.75) is 38.5 Å². The Labute approximate surface area is 151 Å². The highest BCUT2D eigenvalue weighted by molar-refractivity contribution is 7.15. The molecule has 1 N–H and O–H groups in total. The Morgan fingerprint density at radius 3 is 2.48 bits per heavy atom. The third kappa shape index (κ3) is 4.28. The first-order valence-electron chi connectivity index (χ1n) is 8.56. The monoisotopic (exact) mass is 361 g/mol. The number of aromatic nitrogens is 2. The molecule has 1 fully saturated rings. The van der Waals surface area contributed by atoms with Gasteiger partial charge >= 0.3 is 0 Å². The Morgan fingerprint density at radius 1 is 1.16 bits per heavy atom. The predicted octanol–water partition coefficient (Wildman–Crippen LogP) is 3.93. The molecule has 1 aromatic heterocycles. The molecule has 25 heavy (non-hydrogen) atoms. The predicted molar refractivity (Wildman–Crippen MR) is 97.7 cm³/mol. The average molecular weight is 361 g/mol. The van der Waals surface area contributed by atoms with Crippen LogP contribution in [0.3, 0.4) is 0 Å². The first-order valence-corrected chi connectivity index (χ1v) is 9.37. The fourth-order valence-electron chi connectivity index (χ4n) is 3.26. The van der Waals surface area contributed by atoms with Crippen molar-refractivity contribution < 1.29 is 14.3 Å². The van der Waals surface area contributed by atoms with Crippen molar-refractivity contribution in [2.75, 3.05) is 19.5 Å². The number of rotatable bonds is 6. The Hall–Kier alpha value is -2.15. The first-order chi connectivity index (χ1) is 12.2. The lowest BCUT2D eigenvalue weighted by molar-refractivity contribution is 0.102. The summed E-state index contributed by atoms with van der Waals surface area (Å²) in [5.41, 5.74) is 0.358. The van der Waals surface area contributed by atoms with E-state index < -0.39 is 0 Å². The molecular weight excluding hydrogens is 338 g/mol. The van der Waals surface area contributed by atoms with E-state index in [4.69, 9.17) is 9.47 Å². The van der Waals surface area contributed by atoms with Gasteiger partial charge in [-0.25, -0.2) is 0 Å². The van der Waals surface area contributed by atoms with Gasteiger partial charge in [0, 0.05) is 6.42 Å². The average Bonchev–Trinajstić information content (AvgIpc) is 3.08. The van der Waals surface area contributed by atoms with Gasteiger partial charge in [0.1, 0.15) is 22.1 Å². The quantitative estimate of drug-likeness (QED) is 0.844. The third-order valence-electron chi connectivity index (χ3n) is 4.53. The lowest BCUT2D eigenvalue weighted by Crippen LogP contribution is -2.14. The third-order valence-corrected chi connectivity index (χ3v) is 5.39. The molecule has 7 heteroatoms. The Bertz CT molecular complexity index is 704. The molecule has 0 bridgehead atoms. The minimum absolute atomic E-state index is 0.310. The number of carbonyl (C=O) groups excluding carboxylic acids is 1. The van der Waals surface area contributed by atoms with Crippen LogP contribution in [0.2, 0.25) is 0 Å². The number of anilines is 1. The summed E-state index contributed by atoms with van der Waals surface area (Å²) in [6.07, 6.45) is 7.43. The van der Waals surface area contributed by atoms with E-state index in [1.54, 1.807) is 18.2 Å². The van der Waals surface area contributed by atoms with Crippen LogP contribution >= 0.6 is 11.3 Å². The molecule has 134 valence electrons. The number of hydrogen-bond donors (Lipinski definition) is 1. The summed E-state index contributed by atoms with van der Waals surface area (Å²) in [6.45, 7) is 0. The van der Waals surface area contributed by atoms with Gasteiger partial charge in [-0.05, 0) is 18.1 Å². The van der Waals surface area contributed by atoms with E-state index in [-0.39, 0.29) is 5.91 Å². The molecule has 0 aliphatic heterocycles. The summed E-state index contributed by atoms with van der Waals surface area (Å²) in [7, 11) is 3.05. The normalized spacial score (nSPS) is 15.0. The number of amides is 1. The first kappa shape index (κ1) is 17.7. The van der Waals surface area contributed by atoms with Crippen LogP contribution < -0.4 is 14.8 Å². The maximum Gasteiger partial charge on any atom is 0.265 e. The van der Waals surface area contributed by atoms with Crippen molar-refractivity contribution in [1.82, 2.24) is 10.2 Å². The fourth-order valence-corrected chi connectivity index (χ4v) is 4.11. The molecule has 1 aromatic carbocycles. The molecule has 3 rings (SSSR count). The number of nitrogens with one attached hydrogen (secondary N) is 1. The van der Waals surface area contributed by atoms with Gasteiger partial charge < -0.3 is 9.47 Å². The fraction of sp³-hybridized carbons (Fsp3) is 0.500. The second-order valence-corrected chi connectivity index (χ2v) is 7.26. The Kier molecular flexibility index (Phi) is 5.86. The van der Waals surface area contributed by atoms with Crippen LogP contribution in [0.25, 0.3) is 0 Å². The number of nitrogens with zero attached hydrogens (tertiary/aromatic N) is 2. The maximum atomic E-state index is 12.6. The van der Waals surface area contributed by atoms with Gasteiger partial charge in [-0.1, -0.05) is 49.5 Å². The van der Waals surface area contributed by atoms with E-state index in [9.17, 15) is 4.79 Å². The lowest BCUT2D eigenvalue weighted by Gasteiger charge is -2.19. The number of hydrogen-bond acceptors (Lipinski definition) is 6. The molecule has 2 aromatic rings. The van der Waals surface area contributed by atoms with Crippen molar-refractivity contribution in [3.63, 3.8) is 0 Å². The van der Waals surface area contributed by atoms with Crippen molar-refractivity contribution >= 4 is 22.4 Å². The second kappa shape index (κ2) is 8.29. The Balaban J connectivity index is 1.69. The van der Waals surface area contributed by atoms with Crippen LogP contribution in [0.5, 0.6) is 11.5 Å².